The normalized spacial score (nSPS) is 11.6. The van der Waals surface area contributed by atoms with Crippen LogP contribution in [0.25, 0.3) is 0 Å². The first-order chi connectivity index (χ1) is 11.6. The Kier molecular flexibility index (Phi) is 6.63. The van der Waals surface area contributed by atoms with Crippen molar-refractivity contribution in [2.45, 2.75) is 13.1 Å². The van der Waals surface area contributed by atoms with E-state index < -0.39 is 0 Å². The number of carbonyl (C=O) groups excluding carboxylic acids is 1. The van der Waals surface area contributed by atoms with Crippen molar-refractivity contribution >= 4 is 5.91 Å². The lowest BCUT2D eigenvalue weighted by atomic mass is 10.2. The summed E-state index contributed by atoms with van der Waals surface area (Å²) in [6.45, 7) is 1.75. The first-order valence-corrected chi connectivity index (χ1v) is 7.94. The molecule has 0 spiro atoms. The Morgan fingerprint density at radius 2 is 1.42 bits per heavy atom. The number of hydrogen-bond donors (Lipinski definition) is 2. The van der Waals surface area contributed by atoms with Gasteiger partial charge in [-0.3, -0.25) is 4.79 Å². The van der Waals surface area contributed by atoms with E-state index in [1.54, 1.807) is 14.2 Å². The van der Waals surface area contributed by atoms with Crippen LogP contribution in [0.5, 0.6) is 11.5 Å². The molecule has 24 heavy (non-hydrogen) atoms. The van der Waals surface area contributed by atoms with Crippen LogP contribution in [-0.4, -0.2) is 33.7 Å². The van der Waals surface area contributed by atoms with Crippen LogP contribution in [0.15, 0.2) is 48.5 Å². The molecule has 0 heterocycles. The van der Waals surface area contributed by atoms with E-state index in [-0.39, 0.29) is 5.91 Å². The molecular weight excluding hydrogens is 304 g/mol. The van der Waals surface area contributed by atoms with Gasteiger partial charge in [0.15, 0.2) is 6.54 Å². The molecule has 0 aliphatic rings. The van der Waals surface area contributed by atoms with E-state index in [0.717, 1.165) is 28.5 Å². The smallest absolute Gasteiger partial charge is 0.275 e. The van der Waals surface area contributed by atoms with Gasteiger partial charge in [-0.15, -0.1) is 0 Å². The largest absolute Gasteiger partial charge is 0.497 e. The van der Waals surface area contributed by atoms with Gasteiger partial charge in [0, 0.05) is 12.1 Å². The van der Waals surface area contributed by atoms with Crippen LogP contribution >= 0.6 is 0 Å². The molecule has 2 aromatic rings. The molecule has 0 aliphatic carbocycles. The van der Waals surface area contributed by atoms with Crippen molar-refractivity contribution in [3.8, 4) is 11.5 Å². The SMILES string of the molecule is COc1ccc(CNC(=O)C[NH+](C)Cc2ccc(OC)cc2)cc1. The minimum absolute atomic E-state index is 0.0387. The summed E-state index contributed by atoms with van der Waals surface area (Å²) in [5, 5.41) is 2.95. The fourth-order valence-corrected chi connectivity index (χ4v) is 2.43. The topological polar surface area (TPSA) is 52.0 Å². The van der Waals surface area contributed by atoms with Gasteiger partial charge < -0.3 is 19.7 Å². The third kappa shape index (κ3) is 5.59. The second kappa shape index (κ2) is 8.93. The number of quaternary nitrogens is 1. The van der Waals surface area contributed by atoms with Gasteiger partial charge in [-0.2, -0.15) is 0 Å². The zero-order valence-electron chi connectivity index (χ0n) is 14.5. The van der Waals surface area contributed by atoms with E-state index in [1.807, 2.05) is 55.6 Å². The van der Waals surface area contributed by atoms with Gasteiger partial charge in [0.2, 0.25) is 0 Å². The quantitative estimate of drug-likeness (QED) is 0.761. The summed E-state index contributed by atoms with van der Waals surface area (Å²) >= 11 is 0. The second-order valence-electron chi connectivity index (χ2n) is 5.78. The highest BCUT2D eigenvalue weighted by molar-refractivity contribution is 5.76. The minimum atomic E-state index is 0.0387. The first kappa shape index (κ1) is 17.8. The number of hydrogen-bond acceptors (Lipinski definition) is 3. The van der Waals surface area contributed by atoms with E-state index >= 15 is 0 Å². The fraction of sp³-hybridized carbons (Fsp3) is 0.316. The summed E-state index contributed by atoms with van der Waals surface area (Å²) in [6, 6.07) is 15.6. The predicted octanol–water partition coefficient (Wildman–Crippen LogP) is 1.03. The van der Waals surface area contributed by atoms with E-state index in [4.69, 9.17) is 9.47 Å². The van der Waals surface area contributed by atoms with E-state index in [2.05, 4.69) is 5.32 Å². The molecule has 2 aromatic carbocycles. The zero-order valence-corrected chi connectivity index (χ0v) is 14.5. The summed E-state index contributed by atoms with van der Waals surface area (Å²) in [5.74, 6) is 1.69. The van der Waals surface area contributed by atoms with Crippen molar-refractivity contribution in [2.24, 2.45) is 0 Å². The van der Waals surface area contributed by atoms with Crippen molar-refractivity contribution in [1.82, 2.24) is 5.32 Å². The average Bonchev–Trinajstić information content (AvgIpc) is 2.61. The number of benzene rings is 2. The van der Waals surface area contributed by atoms with Crippen LogP contribution < -0.4 is 19.7 Å². The molecule has 0 radical (unpaired) electrons. The predicted molar refractivity (Wildman–Crippen MR) is 93.3 cm³/mol. The van der Waals surface area contributed by atoms with E-state index in [0.29, 0.717) is 13.1 Å². The Morgan fingerprint density at radius 3 is 1.92 bits per heavy atom. The van der Waals surface area contributed by atoms with Gasteiger partial charge in [0.1, 0.15) is 18.0 Å². The third-order valence-corrected chi connectivity index (χ3v) is 3.78. The Balaban J connectivity index is 1.75. The van der Waals surface area contributed by atoms with Crippen LogP contribution in [-0.2, 0) is 17.9 Å². The first-order valence-electron chi connectivity index (χ1n) is 7.94. The average molecular weight is 329 g/mol. The molecule has 5 nitrogen and oxygen atoms in total. The zero-order chi connectivity index (χ0) is 17.4. The number of likely N-dealkylation sites (N-methyl/N-ethyl adjacent to an activating group) is 1. The van der Waals surface area contributed by atoms with E-state index in [9.17, 15) is 4.79 Å². The van der Waals surface area contributed by atoms with Crippen molar-refractivity contribution in [2.75, 3.05) is 27.8 Å². The van der Waals surface area contributed by atoms with Crippen LogP contribution in [0.1, 0.15) is 11.1 Å². The van der Waals surface area contributed by atoms with Crippen molar-refractivity contribution in [3.05, 3.63) is 59.7 Å². The Morgan fingerprint density at radius 1 is 0.917 bits per heavy atom. The van der Waals surface area contributed by atoms with Crippen LogP contribution in [0, 0.1) is 0 Å². The molecule has 5 heteroatoms. The number of ether oxygens (including phenoxy) is 2. The van der Waals surface area contributed by atoms with Gasteiger partial charge in [-0.1, -0.05) is 12.1 Å². The lowest BCUT2D eigenvalue weighted by molar-refractivity contribution is -0.885. The maximum absolute atomic E-state index is 12.1. The Hall–Kier alpha value is -2.53. The maximum Gasteiger partial charge on any atom is 0.275 e. The highest BCUT2D eigenvalue weighted by atomic mass is 16.5. The molecule has 2 N–H and O–H groups in total. The molecule has 0 aromatic heterocycles. The number of nitrogens with one attached hydrogen (secondary N) is 2. The molecular formula is C19H25N2O3+. The second-order valence-corrected chi connectivity index (χ2v) is 5.78. The van der Waals surface area contributed by atoms with Gasteiger partial charge in [0.05, 0.1) is 21.3 Å². The summed E-state index contributed by atoms with van der Waals surface area (Å²) in [7, 11) is 5.30. The fourth-order valence-electron chi connectivity index (χ4n) is 2.43. The molecule has 0 saturated carbocycles. The summed E-state index contributed by atoms with van der Waals surface area (Å²) < 4.78 is 10.3. The molecule has 1 amide bonds. The van der Waals surface area contributed by atoms with Crippen LogP contribution in [0.4, 0.5) is 0 Å². The molecule has 128 valence electrons. The summed E-state index contributed by atoms with van der Waals surface area (Å²) in [4.78, 5) is 13.2. The summed E-state index contributed by atoms with van der Waals surface area (Å²) in [5.41, 5.74) is 2.23. The molecule has 2 rings (SSSR count). The van der Waals surface area contributed by atoms with Gasteiger partial charge >= 0.3 is 0 Å². The van der Waals surface area contributed by atoms with Gasteiger partial charge in [-0.05, 0) is 42.0 Å². The lowest BCUT2D eigenvalue weighted by Gasteiger charge is -2.14. The molecule has 0 aliphatic heterocycles. The number of amides is 1. The molecule has 0 bridgehead atoms. The molecule has 0 saturated heterocycles. The highest BCUT2D eigenvalue weighted by Gasteiger charge is 2.10. The third-order valence-electron chi connectivity index (χ3n) is 3.78. The number of rotatable bonds is 8. The van der Waals surface area contributed by atoms with E-state index in [1.165, 1.54) is 5.56 Å². The number of carbonyl (C=O) groups is 1. The molecule has 1 atom stereocenters. The Bertz CT molecular complexity index is 639. The minimum Gasteiger partial charge on any atom is -0.497 e. The molecule has 0 fully saturated rings. The van der Waals surface area contributed by atoms with Crippen LogP contribution in [0.3, 0.4) is 0 Å². The van der Waals surface area contributed by atoms with Crippen molar-refractivity contribution in [3.63, 3.8) is 0 Å². The molecule has 1 unspecified atom stereocenters. The van der Waals surface area contributed by atoms with Crippen LogP contribution in [0.2, 0.25) is 0 Å². The summed E-state index contributed by atoms with van der Waals surface area (Å²) in [6.07, 6.45) is 0. The maximum atomic E-state index is 12.1. The van der Waals surface area contributed by atoms with Gasteiger partial charge in [-0.25, -0.2) is 0 Å². The Labute approximate surface area is 143 Å². The standard InChI is InChI=1S/C19H24N2O3/c1-21(13-16-6-10-18(24-3)11-7-16)14-19(22)20-12-15-4-8-17(23-2)9-5-15/h4-11H,12-14H2,1-3H3,(H,20,22)/p+1. The number of methoxy groups -OCH3 is 2. The lowest BCUT2D eigenvalue weighted by Crippen LogP contribution is -3.08. The monoisotopic (exact) mass is 329 g/mol. The van der Waals surface area contributed by atoms with Crippen molar-refractivity contribution < 1.29 is 19.2 Å². The van der Waals surface area contributed by atoms with Gasteiger partial charge in [0.25, 0.3) is 5.91 Å². The van der Waals surface area contributed by atoms with Crippen molar-refractivity contribution in [1.29, 1.82) is 0 Å². The highest BCUT2D eigenvalue weighted by Crippen LogP contribution is 2.11.